The van der Waals surface area contributed by atoms with Crippen LogP contribution in [0.5, 0.6) is 11.5 Å². The molecule has 3 aliphatic heterocycles. The van der Waals surface area contributed by atoms with E-state index in [0.717, 1.165) is 79.7 Å². The van der Waals surface area contributed by atoms with Crippen molar-refractivity contribution in [3.8, 4) is 11.5 Å². The van der Waals surface area contributed by atoms with Gasteiger partial charge in [-0.15, -0.1) is 0 Å². The van der Waals surface area contributed by atoms with Gasteiger partial charge < -0.3 is 24.2 Å². The van der Waals surface area contributed by atoms with Crippen molar-refractivity contribution in [2.45, 2.75) is 6.54 Å². The lowest BCUT2D eigenvalue weighted by Gasteiger charge is -2.37. The highest BCUT2D eigenvalue weighted by Crippen LogP contribution is 2.33. The smallest absolute Gasteiger partial charge is 0.256 e. The Morgan fingerprint density at radius 1 is 0.750 bits per heavy atom. The number of hydrogen-bond donors (Lipinski definition) is 0. The molecule has 3 aliphatic rings. The maximum Gasteiger partial charge on any atom is 0.256 e. The van der Waals surface area contributed by atoms with Gasteiger partial charge in [-0.1, -0.05) is 36.4 Å². The third-order valence-corrected chi connectivity index (χ3v) is 8.06. The molecule has 0 saturated carbocycles. The number of anilines is 2. The zero-order valence-corrected chi connectivity index (χ0v) is 22.4. The van der Waals surface area contributed by atoms with Crippen molar-refractivity contribution in [1.29, 1.82) is 0 Å². The summed E-state index contributed by atoms with van der Waals surface area (Å²) in [5.74, 6) is 3.62. The normalized spacial score (nSPS) is 17.4. The number of rotatable bonds is 5. The van der Waals surface area contributed by atoms with Crippen LogP contribution in [0.4, 0.5) is 11.6 Å². The fourth-order valence-corrected chi connectivity index (χ4v) is 5.87. The highest BCUT2D eigenvalue weighted by atomic mass is 16.7. The minimum absolute atomic E-state index is 0.0537. The van der Waals surface area contributed by atoms with Crippen molar-refractivity contribution in [1.82, 2.24) is 19.8 Å². The maximum atomic E-state index is 13.7. The summed E-state index contributed by atoms with van der Waals surface area (Å²) in [5.41, 5.74) is 1.87. The molecule has 0 atom stereocenters. The summed E-state index contributed by atoms with van der Waals surface area (Å²) in [6.45, 7) is 7.60. The summed E-state index contributed by atoms with van der Waals surface area (Å²) in [7, 11) is 0. The van der Waals surface area contributed by atoms with Gasteiger partial charge in [0.15, 0.2) is 11.5 Å². The second-order valence-corrected chi connectivity index (χ2v) is 10.5. The highest BCUT2D eigenvalue weighted by molar-refractivity contribution is 6.09. The Morgan fingerprint density at radius 3 is 2.30 bits per heavy atom. The average molecular weight is 537 g/mol. The Balaban J connectivity index is 1.02. The lowest BCUT2D eigenvalue weighted by molar-refractivity contribution is 0.0630. The SMILES string of the molecule is O=C(c1cnc(N2CCN(c3ccccn3)CC2)c2ccccc12)N1CCN(Cc2ccc3c(c2)OCO3)CC1. The molecule has 7 rings (SSSR count). The van der Waals surface area contributed by atoms with Gasteiger partial charge >= 0.3 is 0 Å². The van der Waals surface area contributed by atoms with Crippen LogP contribution in [0, 0.1) is 0 Å². The number of nitrogens with zero attached hydrogens (tertiary/aromatic N) is 6. The van der Waals surface area contributed by atoms with Gasteiger partial charge in [0.25, 0.3) is 5.91 Å². The van der Waals surface area contributed by atoms with E-state index in [1.165, 1.54) is 5.56 Å². The van der Waals surface area contributed by atoms with Gasteiger partial charge in [0.1, 0.15) is 11.6 Å². The predicted octanol–water partition coefficient (Wildman–Crippen LogP) is 3.64. The first-order valence-electron chi connectivity index (χ1n) is 13.9. The van der Waals surface area contributed by atoms with E-state index in [9.17, 15) is 4.79 Å². The highest BCUT2D eigenvalue weighted by Gasteiger charge is 2.26. The molecule has 204 valence electrons. The molecule has 0 radical (unpaired) electrons. The second-order valence-electron chi connectivity index (χ2n) is 10.5. The van der Waals surface area contributed by atoms with Crippen LogP contribution in [-0.2, 0) is 6.54 Å². The summed E-state index contributed by atoms with van der Waals surface area (Å²) >= 11 is 0. The van der Waals surface area contributed by atoms with Gasteiger partial charge in [0.2, 0.25) is 6.79 Å². The molecule has 0 aliphatic carbocycles. The van der Waals surface area contributed by atoms with E-state index in [2.05, 4.69) is 43.9 Å². The number of hydrogen-bond acceptors (Lipinski definition) is 8. The zero-order chi connectivity index (χ0) is 26.9. The third-order valence-electron chi connectivity index (χ3n) is 8.06. The summed E-state index contributed by atoms with van der Waals surface area (Å²) in [6.07, 6.45) is 3.62. The van der Waals surface area contributed by atoms with Gasteiger partial charge in [0.05, 0.1) is 5.56 Å². The number of carbonyl (C=O) groups excluding carboxylic acids is 1. The second kappa shape index (κ2) is 10.7. The molecule has 2 fully saturated rings. The number of pyridine rings is 2. The van der Waals surface area contributed by atoms with E-state index < -0.39 is 0 Å². The number of ether oxygens (including phenoxy) is 2. The molecule has 0 bridgehead atoms. The molecule has 9 heteroatoms. The van der Waals surface area contributed by atoms with Gasteiger partial charge in [0, 0.05) is 76.7 Å². The van der Waals surface area contributed by atoms with Crippen LogP contribution >= 0.6 is 0 Å². The van der Waals surface area contributed by atoms with E-state index in [-0.39, 0.29) is 12.7 Å². The number of benzene rings is 2. The van der Waals surface area contributed by atoms with E-state index in [1.54, 1.807) is 6.20 Å². The first-order valence-corrected chi connectivity index (χ1v) is 13.9. The van der Waals surface area contributed by atoms with Gasteiger partial charge in [-0.3, -0.25) is 9.69 Å². The van der Waals surface area contributed by atoms with Crippen LogP contribution in [0.25, 0.3) is 10.8 Å². The molecular formula is C31H32N6O3. The van der Waals surface area contributed by atoms with E-state index in [0.29, 0.717) is 18.7 Å². The Kier molecular flexibility index (Phi) is 6.57. The Hall–Kier alpha value is -4.37. The first kappa shape index (κ1) is 24.7. The number of fused-ring (bicyclic) bond motifs is 2. The molecule has 0 N–H and O–H groups in total. The Labute approximate surface area is 233 Å². The maximum absolute atomic E-state index is 13.7. The molecular weight excluding hydrogens is 504 g/mol. The molecule has 2 aromatic carbocycles. The lowest BCUT2D eigenvalue weighted by Crippen LogP contribution is -2.48. The van der Waals surface area contributed by atoms with Crippen molar-refractivity contribution in [2.24, 2.45) is 0 Å². The topological polar surface area (TPSA) is 74.3 Å². The molecule has 2 aromatic heterocycles. The standard InChI is InChI=1S/C31H32N6O3/c38-31(37-13-11-34(12-14-37)21-23-8-9-27-28(19-23)40-22-39-27)26-20-33-30(25-6-2-1-5-24(25)26)36-17-15-35(16-18-36)29-7-3-4-10-32-29/h1-10,19-20H,11-18,21-22H2. The van der Waals surface area contributed by atoms with E-state index in [1.807, 2.05) is 47.5 Å². The van der Waals surface area contributed by atoms with Crippen molar-refractivity contribution < 1.29 is 14.3 Å². The van der Waals surface area contributed by atoms with Crippen molar-refractivity contribution >= 4 is 28.3 Å². The predicted molar refractivity (Wildman–Crippen MR) is 154 cm³/mol. The molecule has 1 amide bonds. The fourth-order valence-electron chi connectivity index (χ4n) is 5.87. The summed E-state index contributed by atoms with van der Waals surface area (Å²) < 4.78 is 11.0. The van der Waals surface area contributed by atoms with E-state index in [4.69, 9.17) is 14.5 Å². The van der Waals surface area contributed by atoms with Crippen LogP contribution in [0.2, 0.25) is 0 Å². The summed E-state index contributed by atoms with van der Waals surface area (Å²) in [4.78, 5) is 32.0. The molecule has 0 unspecified atom stereocenters. The quantitative estimate of drug-likeness (QED) is 0.383. The minimum atomic E-state index is 0.0537. The number of piperazine rings is 2. The summed E-state index contributed by atoms with van der Waals surface area (Å²) in [5, 5.41) is 1.99. The van der Waals surface area contributed by atoms with Gasteiger partial charge in [-0.25, -0.2) is 9.97 Å². The van der Waals surface area contributed by atoms with Crippen LogP contribution in [0.15, 0.2) is 73.1 Å². The number of aromatic nitrogens is 2. The molecule has 40 heavy (non-hydrogen) atoms. The third kappa shape index (κ3) is 4.77. The minimum Gasteiger partial charge on any atom is -0.454 e. The Morgan fingerprint density at radius 2 is 1.50 bits per heavy atom. The van der Waals surface area contributed by atoms with Crippen LogP contribution < -0.4 is 19.3 Å². The number of amides is 1. The van der Waals surface area contributed by atoms with Crippen LogP contribution in [-0.4, -0.2) is 84.8 Å². The molecule has 4 aromatic rings. The zero-order valence-electron chi connectivity index (χ0n) is 22.4. The summed E-state index contributed by atoms with van der Waals surface area (Å²) in [6, 6.07) is 20.3. The van der Waals surface area contributed by atoms with Crippen molar-refractivity contribution in [3.05, 3.63) is 84.2 Å². The first-order chi connectivity index (χ1) is 19.7. The average Bonchev–Trinajstić information content (AvgIpc) is 3.49. The Bertz CT molecular complexity index is 1510. The van der Waals surface area contributed by atoms with Gasteiger partial charge in [-0.05, 0) is 35.2 Å². The molecule has 5 heterocycles. The van der Waals surface area contributed by atoms with Crippen LogP contribution in [0.3, 0.4) is 0 Å². The van der Waals surface area contributed by atoms with Gasteiger partial charge in [-0.2, -0.15) is 0 Å². The van der Waals surface area contributed by atoms with Crippen molar-refractivity contribution in [3.63, 3.8) is 0 Å². The molecule has 0 spiro atoms. The van der Waals surface area contributed by atoms with E-state index >= 15 is 0 Å². The number of carbonyl (C=O) groups is 1. The van der Waals surface area contributed by atoms with Crippen LogP contribution in [0.1, 0.15) is 15.9 Å². The van der Waals surface area contributed by atoms with Crippen molar-refractivity contribution in [2.75, 3.05) is 69.0 Å². The monoisotopic (exact) mass is 536 g/mol. The molecule has 9 nitrogen and oxygen atoms in total. The molecule has 2 saturated heterocycles. The lowest BCUT2D eigenvalue weighted by atomic mass is 10.0. The fraction of sp³-hybridized carbons (Fsp3) is 0.323. The largest absolute Gasteiger partial charge is 0.454 e.